The SMILES string of the molecule is CCC1(SS(=O)(=O)c2ccc(C)cc2)CCN(C(=O)CC#N)CC1. The molecule has 0 spiro atoms. The Balaban J connectivity index is 2.11. The van der Waals surface area contributed by atoms with Crippen LogP contribution >= 0.6 is 10.8 Å². The number of nitriles is 1. The summed E-state index contributed by atoms with van der Waals surface area (Å²) in [5.74, 6) is -0.173. The molecule has 5 nitrogen and oxygen atoms in total. The highest BCUT2D eigenvalue weighted by atomic mass is 33.1. The van der Waals surface area contributed by atoms with Crippen LogP contribution in [0.5, 0.6) is 0 Å². The molecule has 0 saturated carbocycles. The lowest BCUT2D eigenvalue weighted by molar-refractivity contribution is -0.131. The summed E-state index contributed by atoms with van der Waals surface area (Å²) < 4.78 is 25.1. The predicted octanol–water partition coefficient (Wildman–Crippen LogP) is 3.10. The highest BCUT2D eigenvalue weighted by molar-refractivity contribution is 8.72. The highest BCUT2D eigenvalue weighted by Gasteiger charge is 2.39. The van der Waals surface area contributed by atoms with E-state index in [0.29, 0.717) is 30.8 Å². The Hall–Kier alpha value is -1.52. The molecule has 0 aliphatic carbocycles. The number of hydrogen-bond acceptors (Lipinski definition) is 5. The number of piperidine rings is 1. The summed E-state index contributed by atoms with van der Waals surface area (Å²) in [5.41, 5.74) is 1.02. The Morgan fingerprint density at radius 3 is 2.38 bits per heavy atom. The fraction of sp³-hybridized carbons (Fsp3) is 0.529. The molecule has 0 bridgehead atoms. The molecule has 1 aromatic rings. The molecule has 0 aromatic heterocycles. The molecule has 2 rings (SSSR count). The molecule has 1 amide bonds. The standard InChI is InChI=1S/C17H22N2O3S2/c1-3-17(9-12-19(13-10-17)16(20)8-11-18)23-24(21,22)15-6-4-14(2)5-7-15/h4-7H,3,8-10,12-13H2,1-2H3. The van der Waals surface area contributed by atoms with Gasteiger partial charge in [0.2, 0.25) is 14.8 Å². The van der Waals surface area contributed by atoms with Gasteiger partial charge in [0.25, 0.3) is 0 Å². The Bertz CT molecular complexity index is 728. The Morgan fingerprint density at radius 2 is 1.88 bits per heavy atom. The van der Waals surface area contributed by atoms with Crippen molar-refractivity contribution in [3.05, 3.63) is 29.8 Å². The zero-order valence-corrected chi connectivity index (χ0v) is 15.6. The first-order valence-electron chi connectivity index (χ1n) is 7.99. The second kappa shape index (κ2) is 7.58. The van der Waals surface area contributed by atoms with E-state index in [2.05, 4.69) is 0 Å². The average molecular weight is 367 g/mol. The van der Waals surface area contributed by atoms with Crippen molar-refractivity contribution in [2.24, 2.45) is 0 Å². The number of hydrogen-bond donors (Lipinski definition) is 0. The van der Waals surface area contributed by atoms with Gasteiger partial charge in [-0.1, -0.05) is 24.6 Å². The largest absolute Gasteiger partial charge is 0.342 e. The molecule has 0 N–H and O–H groups in total. The lowest BCUT2D eigenvalue weighted by Crippen LogP contribution is -2.45. The van der Waals surface area contributed by atoms with Gasteiger partial charge < -0.3 is 4.90 Å². The minimum atomic E-state index is -3.43. The van der Waals surface area contributed by atoms with Gasteiger partial charge in [0, 0.05) is 17.8 Å². The molecule has 1 aliphatic rings. The van der Waals surface area contributed by atoms with Gasteiger partial charge in [-0.25, -0.2) is 8.42 Å². The Morgan fingerprint density at radius 1 is 1.29 bits per heavy atom. The number of aryl methyl sites for hydroxylation is 1. The van der Waals surface area contributed by atoms with Crippen LogP contribution in [0.3, 0.4) is 0 Å². The van der Waals surface area contributed by atoms with Crippen molar-refractivity contribution in [1.82, 2.24) is 4.90 Å². The van der Waals surface area contributed by atoms with Crippen molar-refractivity contribution >= 4 is 25.6 Å². The van der Waals surface area contributed by atoms with Crippen LogP contribution in [0, 0.1) is 18.3 Å². The van der Waals surface area contributed by atoms with Gasteiger partial charge in [-0.05, 0) is 49.1 Å². The molecule has 1 saturated heterocycles. The lowest BCUT2D eigenvalue weighted by Gasteiger charge is -2.40. The minimum Gasteiger partial charge on any atom is -0.342 e. The monoisotopic (exact) mass is 366 g/mol. The molecule has 1 aromatic carbocycles. The smallest absolute Gasteiger partial charge is 0.236 e. The van der Waals surface area contributed by atoms with Gasteiger partial charge >= 0.3 is 0 Å². The van der Waals surface area contributed by atoms with Crippen LogP contribution in [0.15, 0.2) is 29.2 Å². The van der Waals surface area contributed by atoms with Gasteiger partial charge in [-0.15, -0.1) is 0 Å². The Labute approximate surface area is 147 Å². The van der Waals surface area contributed by atoms with Gasteiger partial charge in [-0.2, -0.15) is 5.26 Å². The maximum absolute atomic E-state index is 12.7. The molecule has 1 fully saturated rings. The summed E-state index contributed by atoms with van der Waals surface area (Å²) in [6, 6.07) is 8.76. The number of rotatable bonds is 5. The van der Waals surface area contributed by atoms with Crippen molar-refractivity contribution < 1.29 is 13.2 Å². The van der Waals surface area contributed by atoms with E-state index in [9.17, 15) is 13.2 Å². The first-order valence-corrected chi connectivity index (χ1v) is 10.8. The van der Waals surface area contributed by atoms with Gasteiger partial charge in [0.05, 0.1) is 11.0 Å². The lowest BCUT2D eigenvalue weighted by atomic mass is 9.93. The third-order valence-electron chi connectivity index (χ3n) is 4.50. The van der Waals surface area contributed by atoms with E-state index in [1.165, 1.54) is 0 Å². The number of nitrogens with zero attached hydrogens (tertiary/aromatic N) is 2. The first kappa shape index (κ1) is 18.8. The number of amides is 1. The van der Waals surface area contributed by atoms with Crippen LogP contribution in [0.2, 0.25) is 0 Å². The van der Waals surface area contributed by atoms with Gasteiger partial charge in [0.1, 0.15) is 6.42 Å². The van der Waals surface area contributed by atoms with Crippen LogP contribution < -0.4 is 0 Å². The fourth-order valence-corrected chi connectivity index (χ4v) is 7.19. The van der Waals surface area contributed by atoms with Crippen LogP contribution in [0.4, 0.5) is 0 Å². The molecule has 1 heterocycles. The number of likely N-dealkylation sites (tertiary alicyclic amines) is 1. The van der Waals surface area contributed by atoms with E-state index in [4.69, 9.17) is 5.26 Å². The molecule has 1 aliphatic heterocycles. The number of carbonyl (C=O) groups is 1. The second-order valence-corrected chi connectivity index (χ2v) is 10.3. The van der Waals surface area contributed by atoms with Crippen molar-refractivity contribution in [3.8, 4) is 6.07 Å². The minimum absolute atomic E-state index is 0.117. The summed E-state index contributed by atoms with van der Waals surface area (Å²) >= 11 is 0. The Kier molecular flexibility index (Phi) is 5.94. The zero-order chi connectivity index (χ0) is 17.8. The maximum Gasteiger partial charge on any atom is 0.236 e. The number of carbonyl (C=O) groups excluding carboxylic acids is 1. The molecule has 0 atom stereocenters. The van der Waals surface area contributed by atoms with Crippen LogP contribution in [0.25, 0.3) is 0 Å². The third kappa shape index (κ3) is 4.31. The van der Waals surface area contributed by atoms with Crippen LogP contribution in [-0.4, -0.2) is 37.1 Å². The summed E-state index contributed by atoms with van der Waals surface area (Å²) in [7, 11) is -2.41. The van der Waals surface area contributed by atoms with E-state index < -0.39 is 8.87 Å². The van der Waals surface area contributed by atoms with E-state index in [1.807, 2.05) is 19.9 Å². The number of benzene rings is 1. The van der Waals surface area contributed by atoms with E-state index in [0.717, 1.165) is 22.8 Å². The maximum atomic E-state index is 12.7. The van der Waals surface area contributed by atoms with Crippen molar-refractivity contribution in [3.63, 3.8) is 0 Å². The van der Waals surface area contributed by atoms with E-state index >= 15 is 0 Å². The molecule has 130 valence electrons. The van der Waals surface area contributed by atoms with E-state index in [1.54, 1.807) is 29.2 Å². The highest BCUT2D eigenvalue weighted by Crippen LogP contribution is 2.44. The normalized spacial score (nSPS) is 17.3. The molecular weight excluding hydrogens is 344 g/mol. The molecule has 0 unspecified atom stereocenters. The second-order valence-electron chi connectivity index (χ2n) is 6.10. The van der Waals surface area contributed by atoms with E-state index in [-0.39, 0.29) is 17.1 Å². The van der Waals surface area contributed by atoms with Crippen molar-refractivity contribution in [1.29, 1.82) is 5.26 Å². The third-order valence-corrected chi connectivity index (χ3v) is 8.91. The molecule has 7 heteroatoms. The van der Waals surface area contributed by atoms with Crippen LogP contribution in [-0.2, 0) is 13.7 Å². The topological polar surface area (TPSA) is 78.2 Å². The summed E-state index contributed by atoms with van der Waals surface area (Å²) in [5, 5.41) is 8.63. The zero-order valence-electron chi connectivity index (χ0n) is 14.0. The fourth-order valence-electron chi connectivity index (χ4n) is 2.82. The molecular formula is C17H22N2O3S2. The molecule has 0 radical (unpaired) electrons. The van der Waals surface area contributed by atoms with Crippen LogP contribution in [0.1, 0.15) is 38.2 Å². The summed E-state index contributed by atoms with van der Waals surface area (Å²) in [6.45, 7) is 4.92. The van der Waals surface area contributed by atoms with Crippen molar-refractivity contribution in [2.45, 2.75) is 49.2 Å². The molecule has 24 heavy (non-hydrogen) atoms. The van der Waals surface area contributed by atoms with Crippen molar-refractivity contribution in [2.75, 3.05) is 13.1 Å². The van der Waals surface area contributed by atoms with Gasteiger partial charge in [-0.3, -0.25) is 4.79 Å². The summed E-state index contributed by atoms with van der Waals surface area (Å²) in [4.78, 5) is 13.8. The first-order chi connectivity index (χ1) is 11.3. The summed E-state index contributed by atoms with van der Waals surface area (Å²) in [6.07, 6.45) is 1.85. The average Bonchev–Trinajstić information content (AvgIpc) is 2.55. The predicted molar refractivity (Wildman–Crippen MR) is 95.0 cm³/mol. The quantitative estimate of drug-likeness (QED) is 0.748. The van der Waals surface area contributed by atoms with Gasteiger partial charge in [0.15, 0.2) is 0 Å².